The molecule has 0 aliphatic carbocycles. The molecule has 0 saturated carbocycles. The van der Waals surface area contributed by atoms with Crippen LogP contribution in [0.25, 0.3) is 0 Å². The third-order valence-electron chi connectivity index (χ3n) is 5.02. The molecule has 2 aromatic heterocycles. The predicted octanol–water partition coefficient (Wildman–Crippen LogP) is 5.06. The van der Waals surface area contributed by atoms with Crippen LogP contribution in [0.15, 0.2) is 40.6 Å². The standard InChI is InChI=1S/C18H21F3N4S/c1-3-17(2)6-9-25(10-7-17)14-11-24-15(12-23-14)26-13-5-4-8-22-16(13)18(19,20)21/h4-5,8,11-12H,3,6-7,9-10H2,1-2H3. The fourth-order valence-corrected chi connectivity index (χ4v) is 3.80. The summed E-state index contributed by atoms with van der Waals surface area (Å²) in [6, 6.07) is 2.88. The van der Waals surface area contributed by atoms with Crippen molar-refractivity contribution in [2.24, 2.45) is 5.41 Å². The Bertz CT molecular complexity index is 741. The van der Waals surface area contributed by atoms with Gasteiger partial charge in [-0.05, 0) is 30.4 Å². The summed E-state index contributed by atoms with van der Waals surface area (Å²) in [5, 5.41) is 0.419. The van der Waals surface area contributed by atoms with E-state index in [0.29, 0.717) is 10.4 Å². The molecule has 4 nitrogen and oxygen atoms in total. The molecular weight excluding hydrogens is 361 g/mol. The van der Waals surface area contributed by atoms with E-state index in [9.17, 15) is 13.2 Å². The number of halogens is 3. The molecule has 140 valence electrons. The molecule has 1 saturated heterocycles. The van der Waals surface area contributed by atoms with Gasteiger partial charge in [0.25, 0.3) is 0 Å². The molecule has 0 unspecified atom stereocenters. The summed E-state index contributed by atoms with van der Waals surface area (Å²) in [5.41, 5.74) is -0.514. The lowest BCUT2D eigenvalue weighted by Crippen LogP contribution is -2.38. The number of pyridine rings is 1. The zero-order valence-electron chi connectivity index (χ0n) is 14.8. The van der Waals surface area contributed by atoms with Crippen molar-refractivity contribution in [3.63, 3.8) is 0 Å². The smallest absolute Gasteiger partial charge is 0.355 e. The molecule has 1 aliphatic rings. The second kappa shape index (κ2) is 7.42. The summed E-state index contributed by atoms with van der Waals surface area (Å²) in [4.78, 5) is 14.4. The van der Waals surface area contributed by atoms with Crippen molar-refractivity contribution < 1.29 is 13.2 Å². The second-order valence-electron chi connectivity index (χ2n) is 6.81. The first-order chi connectivity index (χ1) is 12.3. The van der Waals surface area contributed by atoms with Gasteiger partial charge in [0.1, 0.15) is 10.8 Å². The molecule has 0 atom stereocenters. The largest absolute Gasteiger partial charge is 0.434 e. The van der Waals surface area contributed by atoms with Gasteiger partial charge in [0.2, 0.25) is 0 Å². The van der Waals surface area contributed by atoms with Gasteiger partial charge < -0.3 is 4.90 Å². The van der Waals surface area contributed by atoms with Crippen LogP contribution >= 0.6 is 11.8 Å². The number of alkyl halides is 3. The predicted molar refractivity (Wildman–Crippen MR) is 95.2 cm³/mol. The molecular formula is C18H21F3N4S. The molecule has 0 amide bonds. The lowest BCUT2D eigenvalue weighted by Gasteiger charge is -2.39. The zero-order chi connectivity index (χ0) is 18.8. The third kappa shape index (κ3) is 4.28. The second-order valence-corrected chi connectivity index (χ2v) is 7.88. The van der Waals surface area contributed by atoms with E-state index >= 15 is 0 Å². The van der Waals surface area contributed by atoms with Crippen LogP contribution in [0, 0.1) is 5.41 Å². The summed E-state index contributed by atoms with van der Waals surface area (Å²) in [5.74, 6) is 0.773. The number of nitrogens with zero attached hydrogens (tertiary/aromatic N) is 4. The third-order valence-corrected chi connectivity index (χ3v) is 5.99. The Morgan fingerprint density at radius 2 is 1.88 bits per heavy atom. The van der Waals surface area contributed by atoms with E-state index in [1.165, 1.54) is 18.3 Å². The average Bonchev–Trinajstić information content (AvgIpc) is 2.63. The van der Waals surface area contributed by atoms with Crippen LogP contribution < -0.4 is 4.90 Å². The highest BCUT2D eigenvalue weighted by Gasteiger charge is 2.35. The van der Waals surface area contributed by atoms with Crippen molar-refractivity contribution in [1.82, 2.24) is 15.0 Å². The van der Waals surface area contributed by atoms with Crippen molar-refractivity contribution in [1.29, 1.82) is 0 Å². The van der Waals surface area contributed by atoms with Gasteiger partial charge in [-0.15, -0.1) is 0 Å². The minimum atomic E-state index is -4.49. The van der Waals surface area contributed by atoms with Gasteiger partial charge >= 0.3 is 6.18 Å². The van der Waals surface area contributed by atoms with Crippen molar-refractivity contribution in [2.75, 3.05) is 18.0 Å². The monoisotopic (exact) mass is 382 g/mol. The minimum Gasteiger partial charge on any atom is -0.355 e. The van der Waals surface area contributed by atoms with E-state index in [1.54, 1.807) is 6.20 Å². The Morgan fingerprint density at radius 3 is 2.46 bits per heavy atom. The molecule has 2 aromatic rings. The highest BCUT2D eigenvalue weighted by atomic mass is 32.2. The van der Waals surface area contributed by atoms with E-state index in [0.717, 1.165) is 56.1 Å². The molecule has 1 fully saturated rings. The van der Waals surface area contributed by atoms with Crippen LogP contribution in [0.4, 0.5) is 19.0 Å². The lowest BCUT2D eigenvalue weighted by molar-refractivity contribution is -0.143. The van der Waals surface area contributed by atoms with Crippen LogP contribution in [0.3, 0.4) is 0 Å². The number of aromatic nitrogens is 3. The van der Waals surface area contributed by atoms with E-state index in [1.807, 2.05) is 0 Å². The first kappa shape index (κ1) is 18.9. The van der Waals surface area contributed by atoms with Gasteiger partial charge in [-0.2, -0.15) is 13.2 Å². The number of hydrogen-bond acceptors (Lipinski definition) is 5. The number of piperidine rings is 1. The summed E-state index contributed by atoms with van der Waals surface area (Å²) in [7, 11) is 0. The number of rotatable bonds is 4. The Morgan fingerprint density at radius 1 is 1.15 bits per heavy atom. The lowest BCUT2D eigenvalue weighted by atomic mass is 9.78. The summed E-state index contributed by atoms with van der Waals surface area (Å²) in [6.07, 6.45) is 3.19. The molecule has 0 radical (unpaired) electrons. The maximum atomic E-state index is 13.0. The van der Waals surface area contributed by atoms with Gasteiger partial charge in [0, 0.05) is 24.2 Å². The van der Waals surface area contributed by atoms with Crippen LogP contribution in [-0.4, -0.2) is 28.0 Å². The van der Waals surface area contributed by atoms with Gasteiger partial charge in [-0.1, -0.05) is 32.0 Å². The molecule has 26 heavy (non-hydrogen) atoms. The molecule has 0 aromatic carbocycles. The van der Waals surface area contributed by atoms with Crippen LogP contribution in [0.5, 0.6) is 0 Å². The molecule has 0 spiro atoms. The zero-order valence-corrected chi connectivity index (χ0v) is 15.6. The molecule has 3 rings (SSSR count). The van der Waals surface area contributed by atoms with E-state index in [-0.39, 0.29) is 4.90 Å². The SMILES string of the molecule is CCC1(C)CCN(c2cnc(Sc3cccnc3C(F)(F)F)cn2)CC1. The van der Waals surface area contributed by atoms with Crippen LogP contribution in [0.1, 0.15) is 38.8 Å². The summed E-state index contributed by atoms with van der Waals surface area (Å²) >= 11 is 0.925. The van der Waals surface area contributed by atoms with E-state index in [4.69, 9.17) is 0 Å². The van der Waals surface area contributed by atoms with Gasteiger partial charge in [-0.3, -0.25) is 4.98 Å². The maximum Gasteiger partial charge on any atom is 0.434 e. The molecule has 1 aliphatic heterocycles. The van der Waals surface area contributed by atoms with Crippen molar-refractivity contribution in [3.8, 4) is 0 Å². The van der Waals surface area contributed by atoms with Crippen molar-refractivity contribution in [2.45, 2.75) is 49.2 Å². The van der Waals surface area contributed by atoms with Gasteiger partial charge in [0.15, 0.2) is 5.69 Å². The van der Waals surface area contributed by atoms with Gasteiger partial charge in [-0.25, -0.2) is 9.97 Å². The summed E-state index contributed by atoms with van der Waals surface area (Å²) < 4.78 is 39.1. The molecule has 0 bridgehead atoms. The Kier molecular flexibility index (Phi) is 5.41. The highest BCUT2D eigenvalue weighted by molar-refractivity contribution is 7.99. The highest BCUT2D eigenvalue weighted by Crippen LogP contribution is 2.38. The minimum absolute atomic E-state index is 0.0266. The Balaban J connectivity index is 1.70. The normalized spacial score (nSPS) is 17.3. The fraction of sp³-hybridized carbons (Fsp3) is 0.500. The number of hydrogen-bond donors (Lipinski definition) is 0. The first-order valence-electron chi connectivity index (χ1n) is 8.58. The number of anilines is 1. The van der Waals surface area contributed by atoms with Crippen LogP contribution in [0.2, 0.25) is 0 Å². The topological polar surface area (TPSA) is 41.9 Å². The van der Waals surface area contributed by atoms with E-state index < -0.39 is 11.9 Å². The quantitative estimate of drug-likeness (QED) is 0.739. The van der Waals surface area contributed by atoms with Crippen LogP contribution in [-0.2, 0) is 6.18 Å². The summed E-state index contributed by atoms with van der Waals surface area (Å²) in [6.45, 7) is 6.37. The van der Waals surface area contributed by atoms with Crippen molar-refractivity contribution >= 4 is 17.6 Å². The Labute approximate surface area is 155 Å². The fourth-order valence-electron chi connectivity index (χ4n) is 2.95. The van der Waals surface area contributed by atoms with Crippen molar-refractivity contribution in [3.05, 3.63) is 36.4 Å². The van der Waals surface area contributed by atoms with E-state index in [2.05, 4.69) is 33.7 Å². The first-order valence-corrected chi connectivity index (χ1v) is 9.39. The molecule has 3 heterocycles. The molecule has 8 heteroatoms. The molecule has 0 N–H and O–H groups in total. The Hall–Kier alpha value is -1.83. The van der Waals surface area contributed by atoms with Gasteiger partial charge in [0.05, 0.1) is 12.4 Å². The average molecular weight is 382 g/mol. The maximum absolute atomic E-state index is 13.0.